The lowest BCUT2D eigenvalue weighted by Gasteiger charge is -2.35. The van der Waals surface area contributed by atoms with Gasteiger partial charge in [-0.2, -0.15) is 5.10 Å². The largest absolute Gasteiger partial charge is 0.463 e. The first-order valence-electron chi connectivity index (χ1n) is 7.06. The molecule has 5 nitrogen and oxygen atoms in total. The molecule has 22 heavy (non-hydrogen) atoms. The Bertz CT molecular complexity index is 688. The molecule has 3 rings (SSSR count). The molecule has 2 N–H and O–H groups in total. The molecule has 1 atom stereocenters. The number of H-pyrrole nitrogens is 1. The standard InChI is InChI=1S/C15H16F2N2O3/c1-14(16,17)15(21)8-9(20)4-2-5-10-12(15)13(19-18-10)11-6-3-7-22-11/h3,6-7,21H,2,4-5,8H2,1H3,(H,18,19). The topological polar surface area (TPSA) is 79.1 Å². The number of carbonyl (C=O) groups is 1. The van der Waals surface area contributed by atoms with Gasteiger partial charge in [-0.25, -0.2) is 8.78 Å². The van der Waals surface area contributed by atoms with Crippen molar-refractivity contribution in [3.8, 4) is 11.5 Å². The number of aryl methyl sites for hydroxylation is 1. The van der Waals surface area contributed by atoms with Crippen molar-refractivity contribution in [3.05, 3.63) is 29.7 Å². The van der Waals surface area contributed by atoms with E-state index in [0.29, 0.717) is 25.5 Å². The fraction of sp³-hybridized carbons (Fsp3) is 0.467. The monoisotopic (exact) mass is 310 g/mol. The van der Waals surface area contributed by atoms with Crippen molar-refractivity contribution in [2.75, 3.05) is 0 Å². The van der Waals surface area contributed by atoms with E-state index in [1.165, 1.54) is 6.26 Å². The average molecular weight is 310 g/mol. The van der Waals surface area contributed by atoms with Crippen LogP contribution < -0.4 is 0 Å². The van der Waals surface area contributed by atoms with Gasteiger partial charge >= 0.3 is 0 Å². The summed E-state index contributed by atoms with van der Waals surface area (Å²) in [4.78, 5) is 11.9. The number of nitrogens with one attached hydrogen (secondary N) is 1. The molecular formula is C15H16F2N2O3. The molecule has 7 heteroatoms. The average Bonchev–Trinajstić information content (AvgIpc) is 3.03. The van der Waals surface area contributed by atoms with E-state index in [2.05, 4.69) is 10.2 Å². The Kier molecular flexibility index (Phi) is 3.40. The van der Waals surface area contributed by atoms with Gasteiger partial charge < -0.3 is 9.52 Å². The van der Waals surface area contributed by atoms with Crippen LogP contribution in [0.15, 0.2) is 22.8 Å². The molecule has 0 radical (unpaired) electrons. The smallest absolute Gasteiger partial charge is 0.278 e. The molecule has 0 fully saturated rings. The normalized spacial score (nSPS) is 23.0. The zero-order chi connectivity index (χ0) is 16.0. The van der Waals surface area contributed by atoms with Gasteiger partial charge in [0, 0.05) is 31.0 Å². The van der Waals surface area contributed by atoms with Crippen molar-refractivity contribution in [1.82, 2.24) is 10.2 Å². The van der Waals surface area contributed by atoms with Crippen LogP contribution in [0.2, 0.25) is 0 Å². The van der Waals surface area contributed by atoms with Gasteiger partial charge in [-0.05, 0) is 25.0 Å². The molecule has 0 spiro atoms. The zero-order valence-electron chi connectivity index (χ0n) is 12.0. The second-order valence-electron chi connectivity index (χ2n) is 5.72. The zero-order valence-corrected chi connectivity index (χ0v) is 12.0. The Morgan fingerprint density at radius 3 is 2.86 bits per heavy atom. The Morgan fingerprint density at radius 2 is 2.23 bits per heavy atom. The number of Topliss-reactive ketones (excluding diaryl/α,β-unsaturated/α-hetero) is 1. The molecule has 0 saturated carbocycles. The highest BCUT2D eigenvalue weighted by Gasteiger charge is 2.54. The van der Waals surface area contributed by atoms with E-state index in [1.807, 2.05) is 0 Å². The van der Waals surface area contributed by atoms with Gasteiger partial charge in [0.05, 0.1) is 6.26 Å². The van der Waals surface area contributed by atoms with Crippen molar-refractivity contribution in [2.24, 2.45) is 0 Å². The minimum absolute atomic E-state index is 0.0389. The van der Waals surface area contributed by atoms with Gasteiger partial charge in [-0.1, -0.05) is 0 Å². The predicted octanol–water partition coefficient (Wildman–Crippen LogP) is 2.81. The molecule has 118 valence electrons. The van der Waals surface area contributed by atoms with Crippen LogP contribution in [-0.4, -0.2) is 27.0 Å². The predicted molar refractivity (Wildman–Crippen MR) is 73.4 cm³/mol. The van der Waals surface area contributed by atoms with Crippen LogP contribution in [0, 0.1) is 0 Å². The molecule has 0 aromatic carbocycles. The van der Waals surface area contributed by atoms with Gasteiger partial charge in [-0.15, -0.1) is 0 Å². The van der Waals surface area contributed by atoms with Crippen LogP contribution in [0.25, 0.3) is 11.5 Å². The highest BCUT2D eigenvalue weighted by Crippen LogP contribution is 2.46. The number of rotatable bonds is 2. The van der Waals surface area contributed by atoms with E-state index in [1.54, 1.807) is 12.1 Å². The quantitative estimate of drug-likeness (QED) is 0.894. The molecule has 1 aliphatic rings. The Morgan fingerprint density at radius 1 is 1.45 bits per heavy atom. The van der Waals surface area contributed by atoms with Crippen molar-refractivity contribution in [3.63, 3.8) is 0 Å². The van der Waals surface area contributed by atoms with Crippen molar-refractivity contribution in [2.45, 2.75) is 44.1 Å². The molecule has 2 aromatic heterocycles. The summed E-state index contributed by atoms with van der Waals surface area (Å²) in [7, 11) is 0. The number of halogens is 2. The van der Waals surface area contributed by atoms with Crippen LogP contribution >= 0.6 is 0 Å². The maximum absolute atomic E-state index is 14.2. The van der Waals surface area contributed by atoms with Gasteiger partial charge in [0.2, 0.25) is 0 Å². The first kappa shape index (κ1) is 14.9. The molecule has 2 aromatic rings. The SMILES string of the molecule is CC(F)(F)C1(O)CC(=O)CCCc2[nH]nc(-c3ccco3)c21. The number of furan rings is 1. The Balaban J connectivity index is 2.24. The summed E-state index contributed by atoms with van der Waals surface area (Å²) < 4.78 is 33.6. The third-order valence-electron chi connectivity index (χ3n) is 4.07. The first-order chi connectivity index (χ1) is 10.3. The first-order valence-corrected chi connectivity index (χ1v) is 7.06. The van der Waals surface area contributed by atoms with Crippen LogP contribution in [0.4, 0.5) is 8.78 Å². The highest BCUT2D eigenvalue weighted by atomic mass is 19.3. The number of aromatic amines is 1. The Labute approximate surface area is 125 Å². The van der Waals surface area contributed by atoms with Crippen LogP contribution in [0.3, 0.4) is 0 Å². The number of aliphatic hydroxyl groups is 1. The number of carbonyl (C=O) groups excluding carboxylic acids is 1. The highest BCUT2D eigenvalue weighted by molar-refractivity contribution is 5.81. The molecular weight excluding hydrogens is 294 g/mol. The maximum Gasteiger partial charge on any atom is 0.278 e. The summed E-state index contributed by atoms with van der Waals surface area (Å²) in [6.45, 7) is 0.616. The number of nitrogens with zero attached hydrogens (tertiary/aromatic N) is 1. The summed E-state index contributed by atoms with van der Waals surface area (Å²) >= 11 is 0. The Hall–Kier alpha value is -2.02. The van der Waals surface area contributed by atoms with E-state index in [4.69, 9.17) is 4.42 Å². The number of ketones is 1. The fourth-order valence-corrected chi connectivity index (χ4v) is 2.90. The van der Waals surface area contributed by atoms with Gasteiger partial charge in [-0.3, -0.25) is 9.89 Å². The van der Waals surface area contributed by atoms with Crippen molar-refractivity contribution >= 4 is 5.78 Å². The summed E-state index contributed by atoms with van der Waals surface area (Å²) in [6, 6.07) is 3.18. The van der Waals surface area contributed by atoms with Crippen molar-refractivity contribution < 1.29 is 23.1 Å². The second kappa shape index (κ2) is 5.01. The molecule has 0 amide bonds. The number of alkyl halides is 2. The van der Waals surface area contributed by atoms with Crippen molar-refractivity contribution in [1.29, 1.82) is 0 Å². The lowest BCUT2D eigenvalue weighted by molar-refractivity contribution is -0.183. The van der Waals surface area contributed by atoms with Gasteiger partial charge in [0.25, 0.3) is 5.92 Å². The molecule has 0 saturated heterocycles. The number of aromatic nitrogens is 2. The van der Waals surface area contributed by atoms with Crippen LogP contribution in [-0.2, 0) is 16.8 Å². The summed E-state index contributed by atoms with van der Waals surface area (Å²) in [5.41, 5.74) is -2.10. The lowest BCUT2D eigenvalue weighted by Crippen LogP contribution is -2.46. The number of hydrogen-bond donors (Lipinski definition) is 2. The summed E-state index contributed by atoms with van der Waals surface area (Å²) in [5, 5.41) is 17.5. The summed E-state index contributed by atoms with van der Waals surface area (Å²) in [5.74, 6) is -3.62. The third-order valence-corrected chi connectivity index (χ3v) is 4.07. The fourth-order valence-electron chi connectivity index (χ4n) is 2.90. The van der Waals surface area contributed by atoms with Crippen LogP contribution in [0.5, 0.6) is 0 Å². The summed E-state index contributed by atoms with van der Waals surface area (Å²) in [6.07, 6.45) is 1.81. The maximum atomic E-state index is 14.2. The lowest BCUT2D eigenvalue weighted by atomic mass is 9.78. The molecule has 0 bridgehead atoms. The van der Waals surface area contributed by atoms with Crippen LogP contribution in [0.1, 0.15) is 37.4 Å². The van der Waals surface area contributed by atoms with E-state index in [9.17, 15) is 18.7 Å². The van der Waals surface area contributed by atoms with Gasteiger partial charge in [0.1, 0.15) is 11.5 Å². The van der Waals surface area contributed by atoms with E-state index in [-0.39, 0.29) is 29.2 Å². The van der Waals surface area contributed by atoms with Gasteiger partial charge in [0.15, 0.2) is 11.4 Å². The number of fused-ring (bicyclic) bond motifs is 1. The minimum Gasteiger partial charge on any atom is -0.463 e. The second-order valence-corrected chi connectivity index (χ2v) is 5.72. The molecule has 1 aliphatic carbocycles. The molecule has 2 heterocycles. The number of hydrogen-bond acceptors (Lipinski definition) is 4. The molecule has 0 aliphatic heterocycles. The third kappa shape index (κ3) is 2.25. The van der Waals surface area contributed by atoms with E-state index in [0.717, 1.165) is 0 Å². The van der Waals surface area contributed by atoms with E-state index < -0.39 is 17.9 Å². The van der Waals surface area contributed by atoms with E-state index >= 15 is 0 Å². The molecule has 1 unspecified atom stereocenters. The minimum atomic E-state index is -3.50.